The second-order valence-electron chi connectivity index (χ2n) is 3.43. The zero-order valence-electron chi connectivity index (χ0n) is 9.25. The summed E-state index contributed by atoms with van der Waals surface area (Å²) >= 11 is 6.74. The molecule has 0 N–H and O–H groups in total. The van der Waals surface area contributed by atoms with Crippen molar-refractivity contribution in [2.45, 2.75) is 13.3 Å². The smallest absolute Gasteiger partial charge is 0.253 e. The number of alkyl halides is 1. The number of hydrogen-bond acceptors (Lipinski definition) is 1. The Balaban J connectivity index is 2.70. The minimum atomic E-state index is 0.107. The van der Waals surface area contributed by atoms with Crippen molar-refractivity contribution >= 4 is 37.8 Å². The van der Waals surface area contributed by atoms with Gasteiger partial charge in [0.2, 0.25) is 0 Å². The zero-order valence-corrected chi connectivity index (χ0v) is 12.4. The summed E-state index contributed by atoms with van der Waals surface area (Å²) in [6.07, 6.45) is 0.982. The third-order valence-corrected chi connectivity index (χ3v) is 3.41. The van der Waals surface area contributed by atoms with Crippen LogP contribution in [-0.4, -0.2) is 29.2 Å². The molecule has 0 radical (unpaired) electrons. The number of amides is 1. The van der Waals surface area contributed by atoms with Crippen LogP contribution in [0, 0.1) is 0 Å². The van der Waals surface area contributed by atoms with Gasteiger partial charge in [0, 0.05) is 28.5 Å². The van der Waals surface area contributed by atoms with Crippen molar-refractivity contribution in [3.63, 3.8) is 0 Å². The molecule has 1 aromatic carbocycles. The monoisotopic (exact) mass is 347 g/mol. The lowest BCUT2D eigenvalue weighted by molar-refractivity contribution is 0.0765. The van der Waals surface area contributed by atoms with E-state index >= 15 is 0 Å². The van der Waals surface area contributed by atoms with E-state index in [0.717, 1.165) is 34.9 Å². The van der Waals surface area contributed by atoms with Crippen LogP contribution in [0.3, 0.4) is 0 Å². The normalized spacial score (nSPS) is 10.2. The highest BCUT2D eigenvalue weighted by Gasteiger charge is 2.12. The summed E-state index contributed by atoms with van der Waals surface area (Å²) in [4.78, 5) is 14.0. The minimum Gasteiger partial charge on any atom is -0.339 e. The maximum Gasteiger partial charge on any atom is 0.253 e. The summed E-state index contributed by atoms with van der Waals surface area (Å²) in [5, 5.41) is 0.928. The van der Waals surface area contributed by atoms with Gasteiger partial charge in [-0.25, -0.2) is 0 Å². The van der Waals surface area contributed by atoms with E-state index in [4.69, 9.17) is 0 Å². The molecule has 4 heteroatoms. The number of carbonyl (C=O) groups excluding carboxylic acids is 1. The topological polar surface area (TPSA) is 20.3 Å². The standard InChI is InChI=1S/C12H15Br2NO/c1-2-15(9-3-8-13)12(16)10-4-6-11(14)7-5-10/h4-7H,2-3,8-9H2,1H3. The van der Waals surface area contributed by atoms with Crippen LogP contribution in [0.5, 0.6) is 0 Å². The Morgan fingerprint density at radius 1 is 1.31 bits per heavy atom. The molecule has 0 saturated carbocycles. The van der Waals surface area contributed by atoms with Crippen LogP contribution >= 0.6 is 31.9 Å². The molecule has 1 amide bonds. The van der Waals surface area contributed by atoms with Crippen molar-refractivity contribution in [2.24, 2.45) is 0 Å². The molecule has 0 aliphatic carbocycles. The van der Waals surface area contributed by atoms with Crippen LogP contribution in [0.15, 0.2) is 28.7 Å². The van der Waals surface area contributed by atoms with Gasteiger partial charge >= 0.3 is 0 Å². The van der Waals surface area contributed by atoms with E-state index in [9.17, 15) is 4.79 Å². The molecule has 1 rings (SSSR count). The molecular formula is C12H15Br2NO. The molecule has 16 heavy (non-hydrogen) atoms. The van der Waals surface area contributed by atoms with E-state index in [1.807, 2.05) is 36.1 Å². The Bertz CT molecular complexity index is 337. The molecule has 0 spiro atoms. The highest BCUT2D eigenvalue weighted by molar-refractivity contribution is 9.10. The molecule has 0 saturated heterocycles. The van der Waals surface area contributed by atoms with Crippen LogP contribution in [0.25, 0.3) is 0 Å². The second kappa shape index (κ2) is 7.07. The Labute approximate surface area is 113 Å². The van der Waals surface area contributed by atoms with Gasteiger partial charge in [-0.05, 0) is 37.6 Å². The Kier molecular flexibility index (Phi) is 6.06. The molecule has 0 atom stereocenters. The fourth-order valence-corrected chi connectivity index (χ4v) is 1.94. The van der Waals surface area contributed by atoms with Gasteiger partial charge in [0.05, 0.1) is 0 Å². The van der Waals surface area contributed by atoms with Crippen molar-refractivity contribution < 1.29 is 4.79 Å². The quantitative estimate of drug-likeness (QED) is 0.743. The van der Waals surface area contributed by atoms with Crippen LogP contribution in [0.1, 0.15) is 23.7 Å². The second-order valence-corrected chi connectivity index (χ2v) is 5.14. The first-order chi connectivity index (χ1) is 7.69. The Morgan fingerprint density at radius 2 is 1.94 bits per heavy atom. The average Bonchev–Trinajstić information content (AvgIpc) is 2.30. The van der Waals surface area contributed by atoms with Gasteiger partial charge in [-0.3, -0.25) is 4.79 Å². The lowest BCUT2D eigenvalue weighted by Gasteiger charge is -2.20. The Hall–Kier alpha value is -0.350. The summed E-state index contributed by atoms with van der Waals surface area (Å²) < 4.78 is 0.993. The van der Waals surface area contributed by atoms with Gasteiger partial charge in [0.25, 0.3) is 5.91 Å². The van der Waals surface area contributed by atoms with Crippen molar-refractivity contribution in [2.75, 3.05) is 18.4 Å². The predicted octanol–water partition coefficient (Wildman–Crippen LogP) is 3.70. The van der Waals surface area contributed by atoms with E-state index < -0.39 is 0 Å². The van der Waals surface area contributed by atoms with Gasteiger partial charge in [0.15, 0.2) is 0 Å². The third-order valence-electron chi connectivity index (χ3n) is 2.32. The molecule has 0 aliphatic heterocycles. The lowest BCUT2D eigenvalue weighted by atomic mass is 10.2. The predicted molar refractivity (Wildman–Crippen MR) is 74.1 cm³/mol. The molecule has 0 bridgehead atoms. The first-order valence-corrected chi connectivity index (χ1v) is 7.21. The maximum atomic E-state index is 12.1. The first-order valence-electron chi connectivity index (χ1n) is 5.29. The van der Waals surface area contributed by atoms with Crippen molar-refractivity contribution in [3.05, 3.63) is 34.3 Å². The number of rotatable bonds is 5. The SMILES string of the molecule is CCN(CCCBr)C(=O)c1ccc(Br)cc1. The van der Waals surface area contributed by atoms with Crippen molar-refractivity contribution in [1.29, 1.82) is 0 Å². The minimum absolute atomic E-state index is 0.107. The van der Waals surface area contributed by atoms with Crippen LogP contribution < -0.4 is 0 Å². The molecule has 0 aliphatic rings. The molecule has 0 fully saturated rings. The maximum absolute atomic E-state index is 12.1. The van der Waals surface area contributed by atoms with E-state index in [1.165, 1.54) is 0 Å². The summed E-state index contributed by atoms with van der Waals surface area (Å²) in [7, 11) is 0. The third kappa shape index (κ3) is 3.91. The number of nitrogens with zero attached hydrogens (tertiary/aromatic N) is 1. The van der Waals surface area contributed by atoms with E-state index in [0.29, 0.717) is 0 Å². The molecule has 0 unspecified atom stereocenters. The van der Waals surface area contributed by atoms with Crippen LogP contribution in [0.2, 0.25) is 0 Å². The fraction of sp³-hybridized carbons (Fsp3) is 0.417. The van der Waals surface area contributed by atoms with Gasteiger partial charge in [-0.15, -0.1) is 0 Å². The number of benzene rings is 1. The largest absolute Gasteiger partial charge is 0.339 e. The molecule has 2 nitrogen and oxygen atoms in total. The average molecular weight is 349 g/mol. The molecular weight excluding hydrogens is 334 g/mol. The van der Waals surface area contributed by atoms with Gasteiger partial charge in [0.1, 0.15) is 0 Å². The van der Waals surface area contributed by atoms with Gasteiger partial charge in [-0.2, -0.15) is 0 Å². The lowest BCUT2D eigenvalue weighted by Crippen LogP contribution is -2.31. The van der Waals surface area contributed by atoms with Crippen LogP contribution in [-0.2, 0) is 0 Å². The number of halogens is 2. The Morgan fingerprint density at radius 3 is 2.44 bits per heavy atom. The molecule has 0 heterocycles. The van der Waals surface area contributed by atoms with Gasteiger partial charge < -0.3 is 4.90 Å². The molecule has 1 aromatic rings. The van der Waals surface area contributed by atoms with Crippen LogP contribution in [0.4, 0.5) is 0 Å². The fourth-order valence-electron chi connectivity index (χ4n) is 1.43. The zero-order chi connectivity index (χ0) is 12.0. The van der Waals surface area contributed by atoms with Crippen molar-refractivity contribution in [3.8, 4) is 0 Å². The van der Waals surface area contributed by atoms with E-state index in [1.54, 1.807) is 0 Å². The molecule has 88 valence electrons. The number of hydrogen-bond donors (Lipinski definition) is 0. The van der Waals surface area contributed by atoms with E-state index in [-0.39, 0.29) is 5.91 Å². The first kappa shape index (κ1) is 13.7. The van der Waals surface area contributed by atoms with Gasteiger partial charge in [-0.1, -0.05) is 31.9 Å². The highest BCUT2D eigenvalue weighted by atomic mass is 79.9. The van der Waals surface area contributed by atoms with E-state index in [2.05, 4.69) is 31.9 Å². The molecule has 0 aromatic heterocycles. The van der Waals surface area contributed by atoms with Crippen molar-refractivity contribution in [1.82, 2.24) is 4.90 Å². The summed E-state index contributed by atoms with van der Waals surface area (Å²) in [5.41, 5.74) is 0.750. The summed E-state index contributed by atoms with van der Waals surface area (Å²) in [6.45, 7) is 3.56. The summed E-state index contributed by atoms with van der Waals surface area (Å²) in [6, 6.07) is 7.49. The highest BCUT2D eigenvalue weighted by Crippen LogP contribution is 2.12. The summed E-state index contributed by atoms with van der Waals surface area (Å²) in [5.74, 6) is 0.107. The number of carbonyl (C=O) groups is 1.